The second-order valence-corrected chi connectivity index (χ2v) is 6.52. The molecule has 5 nitrogen and oxygen atoms in total. The molecule has 0 saturated heterocycles. The average Bonchev–Trinajstić information content (AvgIpc) is 2.34. The van der Waals surface area contributed by atoms with Crippen LogP contribution in [0.4, 0.5) is 5.69 Å². The lowest BCUT2D eigenvalue weighted by Crippen LogP contribution is -2.16. The van der Waals surface area contributed by atoms with E-state index in [2.05, 4.69) is 9.71 Å². The minimum absolute atomic E-state index is 0.0341. The smallest absolute Gasteiger partial charge is 0.263 e. The van der Waals surface area contributed by atoms with Crippen molar-refractivity contribution in [2.75, 3.05) is 4.72 Å². The van der Waals surface area contributed by atoms with Gasteiger partial charge in [-0.25, -0.2) is 8.42 Å². The standard InChI is InChI=1S/C13H13ClN2O3S/c1-8-5-9(2)13(11(14)6-8)16-20(18,19)10-3-4-12(17)15-7-10/h3-7,16H,1-2H3,(H,15,17). The van der Waals surface area contributed by atoms with Gasteiger partial charge in [-0.1, -0.05) is 17.7 Å². The van der Waals surface area contributed by atoms with E-state index < -0.39 is 10.0 Å². The first-order valence-corrected chi connectivity index (χ1v) is 7.64. The zero-order valence-electron chi connectivity index (χ0n) is 10.9. The van der Waals surface area contributed by atoms with Gasteiger partial charge in [0.25, 0.3) is 10.0 Å². The summed E-state index contributed by atoms with van der Waals surface area (Å²) in [6, 6.07) is 5.90. The zero-order chi connectivity index (χ0) is 14.9. The van der Waals surface area contributed by atoms with Crippen LogP contribution in [-0.2, 0) is 10.0 Å². The lowest BCUT2D eigenvalue weighted by atomic mass is 10.1. The summed E-state index contributed by atoms with van der Waals surface area (Å²) in [6.45, 7) is 3.64. The van der Waals surface area contributed by atoms with E-state index in [1.54, 1.807) is 13.0 Å². The lowest BCUT2D eigenvalue weighted by Gasteiger charge is -2.13. The van der Waals surface area contributed by atoms with E-state index in [4.69, 9.17) is 11.6 Å². The number of anilines is 1. The number of aromatic amines is 1. The minimum atomic E-state index is -3.79. The molecule has 0 amide bonds. The van der Waals surface area contributed by atoms with E-state index in [1.807, 2.05) is 13.0 Å². The molecule has 2 N–H and O–H groups in total. The summed E-state index contributed by atoms with van der Waals surface area (Å²) < 4.78 is 26.9. The molecular weight excluding hydrogens is 300 g/mol. The minimum Gasteiger partial charge on any atom is -0.328 e. The van der Waals surface area contributed by atoms with Gasteiger partial charge in [0.15, 0.2) is 0 Å². The molecule has 0 unspecified atom stereocenters. The summed E-state index contributed by atoms with van der Waals surface area (Å²) in [5, 5.41) is 0.329. The lowest BCUT2D eigenvalue weighted by molar-refractivity contribution is 0.600. The van der Waals surface area contributed by atoms with Gasteiger partial charge in [0.2, 0.25) is 5.56 Å². The fourth-order valence-electron chi connectivity index (χ4n) is 1.80. The Labute approximate surface area is 121 Å². The van der Waals surface area contributed by atoms with E-state index in [1.165, 1.54) is 6.07 Å². The molecule has 7 heteroatoms. The van der Waals surface area contributed by atoms with Gasteiger partial charge in [-0.05, 0) is 37.1 Å². The summed E-state index contributed by atoms with van der Waals surface area (Å²) in [7, 11) is -3.79. The maximum atomic E-state index is 12.2. The van der Waals surface area contributed by atoms with Crippen molar-refractivity contribution in [2.45, 2.75) is 18.7 Å². The highest BCUT2D eigenvalue weighted by molar-refractivity contribution is 7.92. The van der Waals surface area contributed by atoms with Crippen molar-refractivity contribution >= 4 is 27.3 Å². The first kappa shape index (κ1) is 14.6. The SMILES string of the molecule is Cc1cc(C)c(NS(=O)(=O)c2ccc(=O)[nH]c2)c(Cl)c1. The van der Waals surface area contributed by atoms with E-state index in [0.29, 0.717) is 10.7 Å². The van der Waals surface area contributed by atoms with Crippen molar-refractivity contribution in [3.05, 3.63) is 57.0 Å². The quantitative estimate of drug-likeness (QED) is 0.913. The molecule has 1 aromatic heterocycles. The Hall–Kier alpha value is -1.79. The van der Waals surface area contributed by atoms with Crippen LogP contribution in [0.2, 0.25) is 5.02 Å². The van der Waals surface area contributed by atoms with Crippen LogP contribution in [0.15, 0.2) is 40.2 Å². The predicted octanol–water partition coefficient (Wildman–Crippen LogP) is 2.45. The van der Waals surface area contributed by atoms with E-state index in [-0.39, 0.29) is 10.5 Å². The first-order chi connectivity index (χ1) is 9.29. The number of halogens is 1. The molecule has 1 aromatic carbocycles. The Kier molecular flexibility index (Phi) is 3.87. The normalized spacial score (nSPS) is 11.3. The van der Waals surface area contributed by atoms with Crippen molar-refractivity contribution in [1.29, 1.82) is 0 Å². The second kappa shape index (κ2) is 5.30. The summed E-state index contributed by atoms with van der Waals surface area (Å²) in [5.41, 5.74) is 1.64. The number of aryl methyl sites for hydroxylation is 2. The topological polar surface area (TPSA) is 79.0 Å². The summed E-state index contributed by atoms with van der Waals surface area (Å²) in [5.74, 6) is 0. The number of benzene rings is 1. The number of hydrogen-bond acceptors (Lipinski definition) is 3. The fourth-order valence-corrected chi connectivity index (χ4v) is 3.34. The van der Waals surface area contributed by atoms with Crippen LogP contribution in [0.3, 0.4) is 0 Å². The number of H-pyrrole nitrogens is 1. The van der Waals surface area contributed by atoms with Crippen LogP contribution in [0.5, 0.6) is 0 Å². The van der Waals surface area contributed by atoms with Crippen molar-refractivity contribution < 1.29 is 8.42 Å². The van der Waals surface area contributed by atoms with Gasteiger partial charge >= 0.3 is 0 Å². The molecule has 0 aliphatic rings. The third-order valence-electron chi connectivity index (χ3n) is 2.73. The Morgan fingerprint density at radius 1 is 1.20 bits per heavy atom. The van der Waals surface area contributed by atoms with Crippen LogP contribution in [0.1, 0.15) is 11.1 Å². The summed E-state index contributed by atoms with van der Waals surface area (Å²) in [4.78, 5) is 13.2. The highest BCUT2D eigenvalue weighted by atomic mass is 35.5. The largest absolute Gasteiger partial charge is 0.328 e. The maximum absolute atomic E-state index is 12.2. The van der Waals surface area contributed by atoms with Crippen LogP contribution >= 0.6 is 11.6 Å². The van der Waals surface area contributed by atoms with Crippen LogP contribution in [-0.4, -0.2) is 13.4 Å². The maximum Gasteiger partial charge on any atom is 0.263 e. The number of sulfonamides is 1. The highest BCUT2D eigenvalue weighted by Gasteiger charge is 2.17. The van der Waals surface area contributed by atoms with Crippen molar-refractivity contribution in [3.63, 3.8) is 0 Å². The summed E-state index contributed by atoms with van der Waals surface area (Å²) in [6.07, 6.45) is 1.14. The first-order valence-electron chi connectivity index (χ1n) is 5.78. The third-order valence-corrected chi connectivity index (χ3v) is 4.38. The van der Waals surface area contributed by atoms with Crippen molar-refractivity contribution in [2.24, 2.45) is 0 Å². The van der Waals surface area contributed by atoms with Gasteiger partial charge in [0.05, 0.1) is 10.7 Å². The van der Waals surface area contributed by atoms with E-state index >= 15 is 0 Å². The highest BCUT2D eigenvalue weighted by Crippen LogP contribution is 2.29. The molecule has 0 saturated carbocycles. The van der Waals surface area contributed by atoms with E-state index in [9.17, 15) is 13.2 Å². The third kappa shape index (κ3) is 3.02. The number of rotatable bonds is 3. The van der Waals surface area contributed by atoms with Crippen LogP contribution in [0, 0.1) is 13.8 Å². The molecule has 0 spiro atoms. The van der Waals surface area contributed by atoms with E-state index in [0.717, 1.165) is 23.4 Å². The monoisotopic (exact) mass is 312 g/mol. The fraction of sp³-hybridized carbons (Fsp3) is 0.154. The molecule has 0 bridgehead atoms. The Balaban J connectivity index is 2.43. The predicted molar refractivity (Wildman–Crippen MR) is 78.8 cm³/mol. The van der Waals surface area contributed by atoms with Gasteiger partial charge in [-0.2, -0.15) is 0 Å². The van der Waals surface area contributed by atoms with Crippen LogP contribution in [0.25, 0.3) is 0 Å². The number of aromatic nitrogens is 1. The van der Waals surface area contributed by atoms with Gasteiger partial charge in [0, 0.05) is 12.3 Å². The molecule has 0 fully saturated rings. The number of pyridine rings is 1. The molecule has 0 radical (unpaired) electrons. The zero-order valence-corrected chi connectivity index (χ0v) is 12.5. The molecular formula is C13H13ClN2O3S. The molecule has 20 heavy (non-hydrogen) atoms. The Morgan fingerprint density at radius 3 is 2.45 bits per heavy atom. The Bertz CT molecular complexity index is 769. The van der Waals surface area contributed by atoms with Gasteiger partial charge in [-0.3, -0.25) is 9.52 Å². The van der Waals surface area contributed by atoms with Gasteiger partial charge in [-0.15, -0.1) is 0 Å². The molecule has 0 aliphatic heterocycles. The molecule has 106 valence electrons. The number of hydrogen-bond donors (Lipinski definition) is 2. The Morgan fingerprint density at radius 2 is 1.90 bits per heavy atom. The molecule has 0 atom stereocenters. The molecule has 1 heterocycles. The second-order valence-electron chi connectivity index (χ2n) is 4.43. The van der Waals surface area contributed by atoms with Gasteiger partial charge in [0.1, 0.15) is 4.90 Å². The number of nitrogens with one attached hydrogen (secondary N) is 2. The average molecular weight is 313 g/mol. The van der Waals surface area contributed by atoms with Crippen molar-refractivity contribution in [3.8, 4) is 0 Å². The van der Waals surface area contributed by atoms with Gasteiger partial charge < -0.3 is 4.98 Å². The molecule has 0 aliphatic carbocycles. The van der Waals surface area contributed by atoms with Crippen molar-refractivity contribution in [1.82, 2.24) is 4.98 Å². The molecule has 2 rings (SSSR count). The molecule has 2 aromatic rings. The summed E-state index contributed by atoms with van der Waals surface area (Å²) >= 11 is 6.07. The van der Waals surface area contributed by atoms with Crippen LogP contribution < -0.4 is 10.3 Å².